The van der Waals surface area contributed by atoms with Crippen molar-refractivity contribution in [2.45, 2.75) is 50.4 Å². The van der Waals surface area contributed by atoms with E-state index in [1.165, 1.54) is 4.90 Å². The number of unbranched alkanes of at least 4 members (excludes halogenated alkanes) is 1. The number of aliphatic hydroxyl groups is 1. The largest absolute Gasteiger partial charge is 0.392 e. The molecule has 2 amide bonds. The number of hydrogen-bond donors (Lipinski definition) is 1. The van der Waals surface area contributed by atoms with Gasteiger partial charge in [-0.05, 0) is 30.5 Å². The predicted octanol–water partition coefficient (Wildman–Crippen LogP) is 0.240. The highest BCUT2D eigenvalue weighted by Gasteiger charge is 2.63. The van der Waals surface area contributed by atoms with E-state index in [0.29, 0.717) is 32.6 Å². The molecule has 0 aliphatic carbocycles. The van der Waals surface area contributed by atoms with E-state index in [-0.39, 0.29) is 17.9 Å². The van der Waals surface area contributed by atoms with Crippen LogP contribution in [0.2, 0.25) is 0 Å². The first-order chi connectivity index (χ1) is 12.5. The van der Waals surface area contributed by atoms with Crippen molar-refractivity contribution in [3.63, 3.8) is 0 Å². The average Bonchev–Trinajstić information content (AvgIpc) is 3.00. The minimum absolute atomic E-state index is 0.0766. The Bertz CT molecular complexity index is 689. The zero-order valence-corrected chi connectivity index (χ0v) is 15.2. The number of β-amino-alcohol motifs (C(OH)–C–C–N with tert-alkyl or cyclic N) is 1. The van der Waals surface area contributed by atoms with E-state index in [2.05, 4.69) is 16.8 Å². The van der Waals surface area contributed by atoms with Gasteiger partial charge in [0.15, 0.2) is 0 Å². The monoisotopic (exact) mass is 358 g/mol. The van der Waals surface area contributed by atoms with Gasteiger partial charge in [-0.2, -0.15) is 0 Å². The minimum Gasteiger partial charge on any atom is -0.392 e. The molecule has 7 heteroatoms. The fourth-order valence-corrected chi connectivity index (χ4v) is 4.57. The summed E-state index contributed by atoms with van der Waals surface area (Å²) in [5.74, 6) is -0.203. The maximum atomic E-state index is 13.2. The second-order valence-corrected chi connectivity index (χ2v) is 7.74. The molecule has 0 unspecified atom stereocenters. The van der Waals surface area contributed by atoms with E-state index in [1.807, 2.05) is 17.0 Å². The molecule has 4 rings (SSSR count). The van der Waals surface area contributed by atoms with E-state index < -0.39 is 11.6 Å². The van der Waals surface area contributed by atoms with Gasteiger partial charge in [-0.15, -0.1) is 0 Å². The number of rotatable bonds is 5. The number of imide groups is 1. The number of amides is 2. The summed E-state index contributed by atoms with van der Waals surface area (Å²) >= 11 is 0. The van der Waals surface area contributed by atoms with Gasteiger partial charge in [0.25, 0.3) is 5.91 Å². The first kappa shape index (κ1) is 17.6. The third kappa shape index (κ3) is 2.74. The van der Waals surface area contributed by atoms with Crippen LogP contribution in [-0.2, 0) is 16.1 Å². The van der Waals surface area contributed by atoms with Crippen LogP contribution in [0.1, 0.15) is 31.7 Å². The fourth-order valence-electron chi connectivity index (χ4n) is 4.57. The van der Waals surface area contributed by atoms with E-state index >= 15 is 0 Å². The number of aromatic nitrogens is 1. The molecule has 2 atom stereocenters. The van der Waals surface area contributed by atoms with Crippen molar-refractivity contribution in [1.29, 1.82) is 0 Å². The number of likely N-dealkylation sites (tertiary alicyclic amines) is 1. The van der Waals surface area contributed by atoms with Gasteiger partial charge in [-0.25, -0.2) is 0 Å². The lowest BCUT2D eigenvalue weighted by molar-refractivity contribution is -0.180. The summed E-state index contributed by atoms with van der Waals surface area (Å²) in [6, 6.07) is 3.60. The molecule has 1 aromatic heterocycles. The molecule has 3 aliphatic rings. The van der Waals surface area contributed by atoms with Gasteiger partial charge in [-0.3, -0.25) is 29.3 Å². The van der Waals surface area contributed by atoms with Gasteiger partial charge < -0.3 is 5.11 Å². The molecule has 3 aliphatic heterocycles. The highest BCUT2D eigenvalue weighted by Crippen LogP contribution is 2.40. The van der Waals surface area contributed by atoms with Crippen LogP contribution < -0.4 is 0 Å². The van der Waals surface area contributed by atoms with Crippen molar-refractivity contribution in [3.8, 4) is 0 Å². The lowest BCUT2D eigenvalue weighted by atomic mass is 9.82. The Morgan fingerprint density at radius 2 is 2.00 bits per heavy atom. The van der Waals surface area contributed by atoms with Crippen molar-refractivity contribution in [2.24, 2.45) is 0 Å². The van der Waals surface area contributed by atoms with E-state index in [4.69, 9.17) is 0 Å². The number of pyridine rings is 1. The average molecular weight is 358 g/mol. The molecule has 0 saturated carbocycles. The molecule has 26 heavy (non-hydrogen) atoms. The standard InChI is InChI=1S/C19H26N4O3/c1-2-3-8-22-17(25)16-9-15(24)11-23(16)19(18(22)26)12-21(13-19)10-14-4-6-20-7-5-14/h4-7,15-16,24H,2-3,8-13H2,1H3/t15-,16+/m1/s1. The molecule has 3 fully saturated rings. The lowest BCUT2D eigenvalue weighted by Gasteiger charge is -2.58. The Balaban J connectivity index is 1.54. The zero-order valence-electron chi connectivity index (χ0n) is 15.2. The van der Waals surface area contributed by atoms with Gasteiger partial charge in [0, 0.05) is 45.1 Å². The number of aliphatic hydroxyl groups excluding tert-OH is 1. The van der Waals surface area contributed by atoms with Gasteiger partial charge >= 0.3 is 0 Å². The molecule has 1 aromatic rings. The maximum absolute atomic E-state index is 13.2. The molecule has 0 aromatic carbocycles. The first-order valence-electron chi connectivity index (χ1n) is 9.47. The normalized spacial score (nSPS) is 28.5. The van der Waals surface area contributed by atoms with Crippen molar-refractivity contribution >= 4 is 11.8 Å². The molecule has 140 valence electrons. The van der Waals surface area contributed by atoms with Gasteiger partial charge in [0.05, 0.1) is 12.1 Å². The van der Waals surface area contributed by atoms with Crippen molar-refractivity contribution in [1.82, 2.24) is 19.7 Å². The number of carbonyl (C=O) groups excluding carboxylic acids is 2. The first-order valence-corrected chi connectivity index (χ1v) is 9.47. The summed E-state index contributed by atoms with van der Waals surface area (Å²) in [5.41, 5.74) is 0.506. The molecule has 3 saturated heterocycles. The molecule has 1 spiro atoms. The fraction of sp³-hybridized carbons (Fsp3) is 0.632. The summed E-state index contributed by atoms with van der Waals surface area (Å²) in [6.45, 7) is 4.93. The second-order valence-electron chi connectivity index (χ2n) is 7.74. The Labute approximate surface area is 153 Å². The Kier molecular flexibility index (Phi) is 4.54. The van der Waals surface area contributed by atoms with Crippen molar-refractivity contribution in [2.75, 3.05) is 26.2 Å². The van der Waals surface area contributed by atoms with Crippen LogP contribution in [0, 0.1) is 0 Å². The molecule has 7 nitrogen and oxygen atoms in total. The number of fused-ring (bicyclic) bond motifs is 2. The topological polar surface area (TPSA) is 77.0 Å². The summed E-state index contributed by atoms with van der Waals surface area (Å²) in [7, 11) is 0. The molecule has 0 bridgehead atoms. The molecule has 0 radical (unpaired) electrons. The van der Waals surface area contributed by atoms with Crippen LogP contribution in [0.3, 0.4) is 0 Å². The SMILES string of the molecule is CCCCN1C(=O)[C@@H]2C[C@@H](O)CN2C2(CN(Cc3ccncc3)C2)C1=O. The highest BCUT2D eigenvalue weighted by molar-refractivity contribution is 6.06. The van der Waals surface area contributed by atoms with E-state index in [1.54, 1.807) is 12.4 Å². The Morgan fingerprint density at radius 1 is 1.27 bits per heavy atom. The third-order valence-corrected chi connectivity index (χ3v) is 5.88. The summed E-state index contributed by atoms with van der Waals surface area (Å²) in [5, 5.41) is 10.1. The smallest absolute Gasteiger partial charge is 0.252 e. The third-order valence-electron chi connectivity index (χ3n) is 5.88. The van der Waals surface area contributed by atoms with Crippen LogP contribution in [0.15, 0.2) is 24.5 Å². The summed E-state index contributed by atoms with van der Waals surface area (Å²) in [4.78, 5) is 35.7. The molecular formula is C19H26N4O3. The highest BCUT2D eigenvalue weighted by atomic mass is 16.3. The van der Waals surface area contributed by atoms with Crippen molar-refractivity contribution < 1.29 is 14.7 Å². The minimum atomic E-state index is -0.656. The van der Waals surface area contributed by atoms with Crippen LogP contribution >= 0.6 is 0 Å². The number of carbonyl (C=O) groups is 2. The van der Waals surface area contributed by atoms with Crippen LogP contribution in [0.4, 0.5) is 0 Å². The lowest BCUT2D eigenvalue weighted by Crippen LogP contribution is -2.81. The number of nitrogens with zero attached hydrogens (tertiary/aromatic N) is 4. The predicted molar refractivity (Wildman–Crippen MR) is 95.0 cm³/mol. The van der Waals surface area contributed by atoms with Gasteiger partial charge in [0.1, 0.15) is 5.54 Å². The van der Waals surface area contributed by atoms with Crippen LogP contribution in [0.5, 0.6) is 0 Å². The van der Waals surface area contributed by atoms with Crippen LogP contribution in [-0.4, -0.2) is 80.5 Å². The molecule has 1 N–H and O–H groups in total. The molecular weight excluding hydrogens is 332 g/mol. The van der Waals surface area contributed by atoms with Gasteiger partial charge in [0.2, 0.25) is 5.91 Å². The maximum Gasteiger partial charge on any atom is 0.252 e. The number of hydrogen-bond acceptors (Lipinski definition) is 6. The zero-order chi connectivity index (χ0) is 18.3. The van der Waals surface area contributed by atoms with Gasteiger partial charge in [-0.1, -0.05) is 13.3 Å². The Morgan fingerprint density at radius 3 is 2.69 bits per heavy atom. The second kappa shape index (κ2) is 6.72. The summed E-state index contributed by atoms with van der Waals surface area (Å²) in [6.07, 6.45) is 5.21. The van der Waals surface area contributed by atoms with E-state index in [9.17, 15) is 14.7 Å². The Hall–Kier alpha value is -1.83. The van der Waals surface area contributed by atoms with E-state index in [0.717, 1.165) is 24.9 Å². The summed E-state index contributed by atoms with van der Waals surface area (Å²) < 4.78 is 0. The quantitative estimate of drug-likeness (QED) is 0.760. The molecule has 4 heterocycles. The van der Waals surface area contributed by atoms with Crippen LogP contribution in [0.25, 0.3) is 0 Å². The van der Waals surface area contributed by atoms with Crippen molar-refractivity contribution in [3.05, 3.63) is 30.1 Å². The number of piperazine rings is 1.